The normalized spacial score (nSPS) is 20.7. The molecule has 34 heavy (non-hydrogen) atoms. The Balaban J connectivity index is 1.78. The van der Waals surface area contributed by atoms with Crippen LogP contribution < -0.4 is 10.1 Å². The van der Waals surface area contributed by atoms with Gasteiger partial charge in [0.25, 0.3) is 0 Å². The van der Waals surface area contributed by atoms with E-state index in [2.05, 4.69) is 42.2 Å². The van der Waals surface area contributed by atoms with Crippen LogP contribution in [0.1, 0.15) is 59.1 Å². The number of hydrogen-bond donors (Lipinski definition) is 1. The third-order valence-electron chi connectivity index (χ3n) is 6.53. The molecule has 1 N–H and O–H groups in total. The molecular weight excluding hydrogens is 470 g/mol. The molecule has 1 aromatic carbocycles. The van der Waals surface area contributed by atoms with Crippen LogP contribution in [0.25, 0.3) is 0 Å². The molecule has 0 bridgehead atoms. The first-order valence-electron chi connectivity index (χ1n) is 11.5. The standard InChI is InChI=1S/C24H30ClN7OS/c1-23(2,3)19(20(32-16-27-15-28-32)33-18-9-7-17(25)8-10-18)29-21-24(11-5-4-6-12-24)31(14-13-26)22(34)30-21/h7-10,15-16,19-20H,4-6,11-12,14H2,1-3H3,(H,29,30,34)/t19-,20-/m0/s1. The summed E-state index contributed by atoms with van der Waals surface area (Å²) in [6.07, 6.45) is 7.70. The molecule has 1 aliphatic carbocycles. The summed E-state index contributed by atoms with van der Waals surface area (Å²) in [5.74, 6) is 1.48. The van der Waals surface area contributed by atoms with Crippen LogP contribution in [-0.2, 0) is 0 Å². The van der Waals surface area contributed by atoms with E-state index in [1.807, 2.05) is 17.0 Å². The Bertz CT molecular complexity index is 1070. The number of amidine groups is 1. The number of hydrogen-bond acceptors (Lipinski definition) is 6. The van der Waals surface area contributed by atoms with E-state index in [9.17, 15) is 5.26 Å². The smallest absolute Gasteiger partial charge is 0.215 e. The number of nitrogens with zero attached hydrogens (tertiary/aromatic N) is 6. The van der Waals surface area contributed by atoms with E-state index in [-0.39, 0.29) is 23.5 Å². The van der Waals surface area contributed by atoms with Gasteiger partial charge in [0.05, 0.1) is 6.07 Å². The Kier molecular flexibility index (Phi) is 7.10. The maximum atomic E-state index is 9.49. The topological polar surface area (TPSA) is 91.4 Å². The summed E-state index contributed by atoms with van der Waals surface area (Å²) >= 11 is 11.7. The number of thiocarbonyl (C=S) groups is 1. The molecule has 2 heterocycles. The molecule has 2 aliphatic rings. The number of nitriles is 1. The lowest BCUT2D eigenvalue weighted by atomic mass is 9.79. The summed E-state index contributed by atoms with van der Waals surface area (Å²) in [4.78, 5) is 11.5. The second-order valence-electron chi connectivity index (χ2n) is 9.89. The van der Waals surface area contributed by atoms with Crippen molar-refractivity contribution < 1.29 is 4.74 Å². The van der Waals surface area contributed by atoms with Gasteiger partial charge in [-0.25, -0.2) is 9.67 Å². The molecule has 0 unspecified atom stereocenters. The van der Waals surface area contributed by atoms with Crippen molar-refractivity contribution in [3.8, 4) is 11.8 Å². The molecule has 1 saturated carbocycles. The fourth-order valence-corrected chi connectivity index (χ4v) is 5.25. The van der Waals surface area contributed by atoms with Crippen molar-refractivity contribution in [1.29, 1.82) is 5.26 Å². The molecule has 1 saturated heterocycles. The van der Waals surface area contributed by atoms with Crippen molar-refractivity contribution in [2.45, 2.75) is 70.7 Å². The van der Waals surface area contributed by atoms with Gasteiger partial charge in [0.1, 0.15) is 42.4 Å². The molecule has 2 atom stereocenters. The lowest BCUT2D eigenvalue weighted by Crippen LogP contribution is -2.52. The summed E-state index contributed by atoms with van der Waals surface area (Å²) in [5.41, 5.74) is -0.681. The van der Waals surface area contributed by atoms with Gasteiger partial charge in [-0.15, -0.1) is 0 Å². The largest absolute Gasteiger partial charge is 0.466 e. The maximum Gasteiger partial charge on any atom is 0.215 e. The van der Waals surface area contributed by atoms with Crippen LogP contribution in [-0.4, -0.2) is 48.7 Å². The second kappa shape index (κ2) is 9.88. The van der Waals surface area contributed by atoms with Gasteiger partial charge < -0.3 is 15.0 Å². The Hall–Kier alpha value is -2.70. The number of benzene rings is 1. The molecule has 8 nitrogen and oxygen atoms in total. The minimum Gasteiger partial charge on any atom is -0.466 e. The fraction of sp³-hybridized carbons (Fsp3) is 0.542. The molecule has 180 valence electrons. The van der Waals surface area contributed by atoms with E-state index in [0.29, 0.717) is 15.9 Å². The first-order valence-corrected chi connectivity index (χ1v) is 12.3. The zero-order valence-corrected chi connectivity index (χ0v) is 21.3. The summed E-state index contributed by atoms with van der Waals surface area (Å²) in [6, 6.07) is 9.20. The minimum absolute atomic E-state index is 0.235. The average Bonchev–Trinajstić information content (AvgIpc) is 3.41. The average molecular weight is 500 g/mol. The monoisotopic (exact) mass is 499 g/mol. The molecule has 2 aromatic rings. The van der Waals surface area contributed by atoms with Crippen LogP contribution in [0.5, 0.6) is 5.75 Å². The third-order valence-corrected chi connectivity index (χ3v) is 7.11. The third kappa shape index (κ3) is 4.89. The Morgan fingerprint density at radius 2 is 1.97 bits per heavy atom. The van der Waals surface area contributed by atoms with Crippen molar-refractivity contribution in [2.24, 2.45) is 10.4 Å². The van der Waals surface area contributed by atoms with E-state index in [1.165, 1.54) is 12.7 Å². The highest BCUT2D eigenvalue weighted by molar-refractivity contribution is 7.80. The summed E-state index contributed by atoms with van der Waals surface area (Å²) in [6.45, 7) is 6.62. The fourth-order valence-electron chi connectivity index (χ4n) is 4.79. The molecular formula is C24H30ClN7OS. The number of ether oxygens (including phenoxy) is 1. The number of aromatic nitrogens is 3. The lowest BCUT2D eigenvalue weighted by molar-refractivity contribution is 0.0465. The highest BCUT2D eigenvalue weighted by Crippen LogP contribution is 2.40. The zero-order chi connectivity index (χ0) is 24.3. The predicted molar refractivity (Wildman–Crippen MR) is 136 cm³/mol. The van der Waals surface area contributed by atoms with Gasteiger partial charge in [-0.3, -0.25) is 4.99 Å². The highest BCUT2D eigenvalue weighted by Gasteiger charge is 2.50. The molecule has 2 fully saturated rings. The highest BCUT2D eigenvalue weighted by atomic mass is 35.5. The summed E-state index contributed by atoms with van der Waals surface area (Å²) in [5, 5.41) is 18.4. The van der Waals surface area contributed by atoms with Crippen molar-refractivity contribution in [3.63, 3.8) is 0 Å². The van der Waals surface area contributed by atoms with Gasteiger partial charge in [0.2, 0.25) is 6.23 Å². The van der Waals surface area contributed by atoms with Crippen molar-refractivity contribution in [2.75, 3.05) is 6.54 Å². The van der Waals surface area contributed by atoms with Crippen LogP contribution >= 0.6 is 23.8 Å². The summed E-state index contributed by atoms with van der Waals surface area (Å²) < 4.78 is 8.15. The van der Waals surface area contributed by atoms with Crippen LogP contribution in [0.4, 0.5) is 0 Å². The summed E-state index contributed by atoms with van der Waals surface area (Å²) in [7, 11) is 0. The van der Waals surface area contributed by atoms with E-state index in [1.54, 1.807) is 23.1 Å². The van der Waals surface area contributed by atoms with E-state index < -0.39 is 6.23 Å². The molecule has 10 heteroatoms. The number of aliphatic imine (C=N–C) groups is 1. The van der Waals surface area contributed by atoms with Gasteiger partial charge >= 0.3 is 0 Å². The van der Waals surface area contributed by atoms with E-state index in [0.717, 1.165) is 31.5 Å². The number of halogens is 1. The van der Waals surface area contributed by atoms with Crippen LogP contribution in [0.2, 0.25) is 5.02 Å². The zero-order valence-electron chi connectivity index (χ0n) is 19.7. The van der Waals surface area contributed by atoms with Crippen LogP contribution in [0, 0.1) is 16.7 Å². The Morgan fingerprint density at radius 1 is 1.26 bits per heavy atom. The van der Waals surface area contributed by atoms with Gasteiger partial charge in [0, 0.05) is 5.02 Å². The van der Waals surface area contributed by atoms with E-state index in [4.69, 9.17) is 33.5 Å². The SMILES string of the molecule is CC(C)(C)[C@@H](N=C1NC(=S)N(CC#N)C12CCCCC2)[C@H](Oc1ccc(Cl)cc1)n1cncn1. The lowest BCUT2D eigenvalue weighted by Gasteiger charge is -2.41. The van der Waals surface area contributed by atoms with Crippen molar-refractivity contribution >= 4 is 34.8 Å². The molecule has 1 aliphatic heterocycles. The molecule has 4 rings (SSSR count). The minimum atomic E-state index is -0.558. The van der Waals surface area contributed by atoms with Crippen molar-refractivity contribution in [1.82, 2.24) is 25.0 Å². The second-order valence-corrected chi connectivity index (χ2v) is 10.7. The first-order chi connectivity index (χ1) is 16.2. The molecule has 1 aromatic heterocycles. The number of nitrogens with one attached hydrogen (secondary N) is 1. The van der Waals surface area contributed by atoms with Gasteiger partial charge in [-0.2, -0.15) is 10.4 Å². The Morgan fingerprint density at radius 3 is 2.56 bits per heavy atom. The predicted octanol–water partition coefficient (Wildman–Crippen LogP) is 4.74. The van der Waals surface area contributed by atoms with Crippen LogP contribution in [0.3, 0.4) is 0 Å². The number of rotatable bonds is 6. The Labute approximate surface area is 211 Å². The maximum absolute atomic E-state index is 9.49. The molecule has 0 radical (unpaired) electrons. The first kappa shape index (κ1) is 24.4. The molecule has 1 spiro atoms. The quantitative estimate of drug-likeness (QED) is 0.453. The van der Waals surface area contributed by atoms with E-state index >= 15 is 0 Å². The van der Waals surface area contributed by atoms with Gasteiger partial charge in [-0.05, 0) is 54.7 Å². The molecule has 0 amide bonds. The van der Waals surface area contributed by atoms with Gasteiger partial charge in [0.15, 0.2) is 5.11 Å². The van der Waals surface area contributed by atoms with Crippen molar-refractivity contribution in [3.05, 3.63) is 41.9 Å². The van der Waals surface area contributed by atoms with Gasteiger partial charge in [-0.1, -0.05) is 51.6 Å². The van der Waals surface area contributed by atoms with Crippen LogP contribution in [0.15, 0.2) is 41.9 Å².